The van der Waals surface area contributed by atoms with Crippen LogP contribution in [0.25, 0.3) is 0 Å². The van der Waals surface area contributed by atoms with E-state index in [1.54, 1.807) is 7.11 Å². The van der Waals surface area contributed by atoms with Crippen LogP contribution in [-0.2, 0) is 4.74 Å². The molecule has 1 atom stereocenters. The lowest BCUT2D eigenvalue weighted by atomic mass is 9.91. The predicted molar refractivity (Wildman–Crippen MR) is 79.7 cm³/mol. The molecule has 1 aromatic carbocycles. The van der Waals surface area contributed by atoms with Crippen LogP contribution in [-0.4, -0.2) is 25.9 Å². The van der Waals surface area contributed by atoms with Gasteiger partial charge < -0.3 is 14.8 Å². The van der Waals surface area contributed by atoms with Crippen LogP contribution in [0.4, 0.5) is 0 Å². The molecular weight excluding hydrogens is 238 g/mol. The Balaban J connectivity index is 2.99. The van der Waals surface area contributed by atoms with Crippen molar-refractivity contribution in [2.75, 3.05) is 20.3 Å². The van der Waals surface area contributed by atoms with Crippen molar-refractivity contribution < 1.29 is 9.47 Å². The van der Waals surface area contributed by atoms with Crippen LogP contribution in [0.5, 0.6) is 5.75 Å². The summed E-state index contributed by atoms with van der Waals surface area (Å²) in [5, 5.41) is 3.57. The van der Waals surface area contributed by atoms with E-state index in [0.29, 0.717) is 6.61 Å². The summed E-state index contributed by atoms with van der Waals surface area (Å²) in [6.45, 7) is 10.0. The number of nitrogens with one attached hydrogen (secondary N) is 1. The van der Waals surface area contributed by atoms with Crippen molar-refractivity contribution in [3.05, 3.63) is 29.8 Å². The highest BCUT2D eigenvalue weighted by molar-refractivity contribution is 5.32. The van der Waals surface area contributed by atoms with E-state index >= 15 is 0 Å². The zero-order valence-corrected chi connectivity index (χ0v) is 12.8. The van der Waals surface area contributed by atoms with Gasteiger partial charge in [-0.25, -0.2) is 0 Å². The number of rotatable bonds is 8. The maximum absolute atomic E-state index is 5.65. The van der Waals surface area contributed by atoms with Crippen LogP contribution >= 0.6 is 0 Å². The predicted octanol–water partition coefficient (Wildman–Crippen LogP) is 3.55. The van der Waals surface area contributed by atoms with Crippen molar-refractivity contribution in [3.8, 4) is 5.75 Å². The highest BCUT2D eigenvalue weighted by atomic mass is 16.5. The highest BCUT2D eigenvalue weighted by Gasteiger charge is 2.30. The van der Waals surface area contributed by atoms with E-state index in [1.807, 2.05) is 19.1 Å². The lowest BCUT2D eigenvalue weighted by Gasteiger charge is -2.34. The maximum Gasteiger partial charge on any atom is 0.119 e. The van der Waals surface area contributed by atoms with Crippen molar-refractivity contribution in [2.45, 2.75) is 45.8 Å². The Morgan fingerprint density at radius 2 is 2.00 bits per heavy atom. The van der Waals surface area contributed by atoms with Gasteiger partial charge in [-0.05, 0) is 51.4 Å². The van der Waals surface area contributed by atoms with Gasteiger partial charge in [0, 0.05) is 7.11 Å². The molecule has 0 aliphatic heterocycles. The first-order valence-electron chi connectivity index (χ1n) is 7.06. The Kier molecular flexibility index (Phi) is 6.32. The topological polar surface area (TPSA) is 30.5 Å². The largest absolute Gasteiger partial charge is 0.494 e. The van der Waals surface area contributed by atoms with Crippen LogP contribution in [0.15, 0.2) is 24.3 Å². The van der Waals surface area contributed by atoms with Crippen molar-refractivity contribution in [1.29, 1.82) is 0 Å². The lowest BCUT2D eigenvalue weighted by molar-refractivity contribution is -0.0111. The van der Waals surface area contributed by atoms with Gasteiger partial charge in [0.15, 0.2) is 0 Å². The Bertz CT molecular complexity index is 377. The summed E-state index contributed by atoms with van der Waals surface area (Å²) in [5.74, 6) is 0.912. The Morgan fingerprint density at radius 1 is 1.26 bits per heavy atom. The van der Waals surface area contributed by atoms with Gasteiger partial charge in [-0.15, -0.1) is 0 Å². The van der Waals surface area contributed by atoms with Gasteiger partial charge >= 0.3 is 0 Å². The lowest BCUT2D eigenvalue weighted by Crippen LogP contribution is -2.41. The number of ether oxygens (including phenoxy) is 2. The molecule has 1 rings (SSSR count). The fourth-order valence-electron chi connectivity index (χ4n) is 2.12. The smallest absolute Gasteiger partial charge is 0.119 e. The van der Waals surface area contributed by atoms with Crippen LogP contribution < -0.4 is 10.1 Å². The van der Waals surface area contributed by atoms with Crippen LogP contribution in [0, 0.1) is 0 Å². The van der Waals surface area contributed by atoms with Gasteiger partial charge in [-0.3, -0.25) is 0 Å². The summed E-state index contributed by atoms with van der Waals surface area (Å²) in [6.07, 6.45) is 1.10. The highest BCUT2D eigenvalue weighted by Crippen LogP contribution is 2.30. The van der Waals surface area contributed by atoms with Crippen molar-refractivity contribution in [3.63, 3.8) is 0 Å². The quantitative estimate of drug-likeness (QED) is 0.779. The van der Waals surface area contributed by atoms with Gasteiger partial charge in [-0.2, -0.15) is 0 Å². The molecule has 0 aliphatic carbocycles. The zero-order valence-electron chi connectivity index (χ0n) is 12.8. The number of benzene rings is 1. The molecule has 0 bridgehead atoms. The van der Waals surface area contributed by atoms with E-state index in [0.717, 1.165) is 18.7 Å². The minimum absolute atomic E-state index is 0.151. The molecule has 1 N–H and O–H groups in total. The first kappa shape index (κ1) is 16.0. The second kappa shape index (κ2) is 7.51. The minimum Gasteiger partial charge on any atom is -0.494 e. The summed E-state index contributed by atoms with van der Waals surface area (Å²) in [7, 11) is 1.76. The molecule has 0 saturated heterocycles. The molecule has 0 aliphatic rings. The summed E-state index contributed by atoms with van der Waals surface area (Å²) in [6, 6.07) is 8.39. The molecule has 0 radical (unpaired) electrons. The first-order chi connectivity index (χ1) is 9.05. The van der Waals surface area contributed by atoms with Crippen LogP contribution in [0.1, 0.15) is 45.7 Å². The number of methoxy groups -OCH3 is 1. The van der Waals surface area contributed by atoms with Gasteiger partial charge in [-0.1, -0.05) is 19.1 Å². The molecule has 0 spiro atoms. The third-order valence-electron chi connectivity index (χ3n) is 3.32. The Labute approximate surface area is 117 Å². The molecule has 0 heterocycles. The van der Waals surface area contributed by atoms with Crippen molar-refractivity contribution >= 4 is 0 Å². The normalized spacial score (nSPS) is 13.3. The van der Waals surface area contributed by atoms with Gasteiger partial charge in [0.1, 0.15) is 5.75 Å². The first-order valence-corrected chi connectivity index (χ1v) is 7.06. The standard InChI is InChI=1S/C16H27NO2/c1-6-11-17-15(16(3,4)18-5)13-9-8-10-14(12-13)19-7-2/h8-10,12,15,17H,6-7,11H2,1-5H3. The molecule has 1 unspecified atom stereocenters. The summed E-state index contributed by atoms with van der Waals surface area (Å²) in [4.78, 5) is 0. The Hall–Kier alpha value is -1.06. The molecule has 0 aromatic heterocycles. The minimum atomic E-state index is -0.264. The SMILES string of the molecule is CCCNC(c1cccc(OCC)c1)C(C)(C)OC. The molecule has 3 nitrogen and oxygen atoms in total. The summed E-state index contributed by atoms with van der Waals surface area (Å²) in [5.41, 5.74) is 0.936. The van der Waals surface area contributed by atoms with E-state index in [2.05, 4.69) is 38.2 Å². The number of hydrogen-bond acceptors (Lipinski definition) is 3. The Morgan fingerprint density at radius 3 is 2.58 bits per heavy atom. The summed E-state index contributed by atoms with van der Waals surface area (Å²) < 4.78 is 11.2. The fraction of sp³-hybridized carbons (Fsp3) is 0.625. The molecular formula is C16H27NO2. The molecule has 19 heavy (non-hydrogen) atoms. The molecule has 0 fully saturated rings. The van der Waals surface area contributed by atoms with E-state index < -0.39 is 0 Å². The fourth-order valence-corrected chi connectivity index (χ4v) is 2.12. The maximum atomic E-state index is 5.65. The van der Waals surface area contributed by atoms with E-state index in [4.69, 9.17) is 9.47 Å². The average Bonchev–Trinajstić information content (AvgIpc) is 2.40. The molecule has 1 aromatic rings. The molecule has 0 amide bonds. The second-order valence-electron chi connectivity index (χ2n) is 5.20. The molecule has 108 valence electrons. The van der Waals surface area contributed by atoms with E-state index in [-0.39, 0.29) is 11.6 Å². The van der Waals surface area contributed by atoms with Gasteiger partial charge in [0.2, 0.25) is 0 Å². The molecule has 3 heteroatoms. The van der Waals surface area contributed by atoms with Crippen LogP contribution in [0.2, 0.25) is 0 Å². The third kappa shape index (κ3) is 4.51. The van der Waals surface area contributed by atoms with E-state index in [1.165, 1.54) is 5.56 Å². The second-order valence-corrected chi connectivity index (χ2v) is 5.20. The van der Waals surface area contributed by atoms with Crippen molar-refractivity contribution in [1.82, 2.24) is 5.32 Å². The average molecular weight is 265 g/mol. The zero-order chi connectivity index (χ0) is 14.3. The van der Waals surface area contributed by atoms with Gasteiger partial charge in [0.05, 0.1) is 18.2 Å². The molecule has 0 saturated carbocycles. The van der Waals surface area contributed by atoms with Crippen molar-refractivity contribution in [2.24, 2.45) is 0 Å². The van der Waals surface area contributed by atoms with Gasteiger partial charge in [0.25, 0.3) is 0 Å². The third-order valence-corrected chi connectivity index (χ3v) is 3.32. The monoisotopic (exact) mass is 265 g/mol. The summed E-state index contributed by atoms with van der Waals surface area (Å²) >= 11 is 0. The van der Waals surface area contributed by atoms with E-state index in [9.17, 15) is 0 Å². The van der Waals surface area contributed by atoms with Crippen LogP contribution in [0.3, 0.4) is 0 Å². The number of hydrogen-bond donors (Lipinski definition) is 1.